The van der Waals surface area contributed by atoms with Crippen LogP contribution < -0.4 is 5.73 Å². The molecule has 0 saturated carbocycles. The van der Waals surface area contributed by atoms with Gasteiger partial charge in [0.05, 0.1) is 11.9 Å². The van der Waals surface area contributed by atoms with E-state index in [4.69, 9.17) is 17.3 Å². The Morgan fingerprint density at radius 1 is 0.958 bits per heavy atom. The first kappa shape index (κ1) is 14.7. The summed E-state index contributed by atoms with van der Waals surface area (Å²) in [5.41, 5.74) is 8.71. The summed E-state index contributed by atoms with van der Waals surface area (Å²) in [4.78, 5) is 8.94. The van der Waals surface area contributed by atoms with Crippen LogP contribution in [0, 0.1) is 0 Å². The lowest BCUT2D eigenvalue weighted by atomic mass is 10.2. The lowest BCUT2D eigenvalue weighted by Gasteiger charge is -2.01. The minimum Gasteiger partial charge on any atom is -0.383 e. The van der Waals surface area contributed by atoms with Crippen molar-refractivity contribution >= 4 is 28.5 Å². The molecule has 0 atom stereocenters. The highest BCUT2D eigenvalue weighted by molar-refractivity contribution is 6.30. The van der Waals surface area contributed by atoms with Gasteiger partial charge in [-0.05, 0) is 17.7 Å². The summed E-state index contributed by atoms with van der Waals surface area (Å²) in [7, 11) is 0. The van der Waals surface area contributed by atoms with Crippen molar-refractivity contribution in [1.82, 2.24) is 19.7 Å². The van der Waals surface area contributed by atoms with E-state index in [2.05, 4.69) is 15.1 Å². The molecular weight excluding hydrogens is 322 g/mol. The van der Waals surface area contributed by atoms with Crippen molar-refractivity contribution in [2.75, 3.05) is 5.73 Å². The molecule has 4 rings (SSSR count). The van der Waals surface area contributed by atoms with Crippen LogP contribution in [0.5, 0.6) is 0 Å². The minimum atomic E-state index is 0.432. The zero-order valence-electron chi connectivity index (χ0n) is 12.7. The van der Waals surface area contributed by atoms with Gasteiger partial charge in [0.1, 0.15) is 5.82 Å². The molecule has 0 amide bonds. The molecule has 0 spiro atoms. The van der Waals surface area contributed by atoms with Crippen molar-refractivity contribution in [3.05, 3.63) is 71.4 Å². The van der Waals surface area contributed by atoms with Gasteiger partial charge in [-0.15, -0.1) is 0 Å². The number of halogens is 1. The SMILES string of the molecule is Nc1nc(-c2ccccc2)nc2nn(Cc3ccc(Cl)cc3)cc12. The third-order valence-corrected chi connectivity index (χ3v) is 4.00. The van der Waals surface area contributed by atoms with E-state index in [1.165, 1.54) is 0 Å². The van der Waals surface area contributed by atoms with E-state index in [1.54, 1.807) is 0 Å². The van der Waals surface area contributed by atoms with Crippen molar-refractivity contribution in [2.24, 2.45) is 0 Å². The quantitative estimate of drug-likeness (QED) is 0.618. The Balaban J connectivity index is 1.72. The monoisotopic (exact) mass is 335 g/mol. The van der Waals surface area contributed by atoms with Crippen molar-refractivity contribution in [3.8, 4) is 11.4 Å². The average molecular weight is 336 g/mol. The summed E-state index contributed by atoms with van der Waals surface area (Å²) in [6.45, 7) is 0.619. The van der Waals surface area contributed by atoms with Crippen LogP contribution in [0.1, 0.15) is 5.56 Å². The molecule has 0 fully saturated rings. The molecule has 5 nitrogen and oxygen atoms in total. The number of rotatable bonds is 3. The molecule has 0 aliphatic rings. The number of nitrogens with zero attached hydrogens (tertiary/aromatic N) is 4. The lowest BCUT2D eigenvalue weighted by molar-refractivity contribution is 0.693. The van der Waals surface area contributed by atoms with E-state index in [-0.39, 0.29) is 0 Å². The second-order valence-electron chi connectivity index (χ2n) is 5.49. The standard InChI is InChI=1S/C18H14ClN5/c19-14-8-6-12(7-9-14)10-24-11-15-16(20)21-17(22-18(15)23-24)13-4-2-1-3-5-13/h1-9,11H,10H2,(H2,20,21,22,23). The summed E-state index contributed by atoms with van der Waals surface area (Å²) in [5, 5.41) is 6.00. The fourth-order valence-corrected chi connectivity index (χ4v) is 2.67. The highest BCUT2D eigenvalue weighted by Gasteiger charge is 2.11. The number of anilines is 1. The molecule has 2 aromatic heterocycles. The number of nitrogen functional groups attached to an aromatic ring is 1. The molecule has 0 unspecified atom stereocenters. The van der Waals surface area contributed by atoms with Crippen LogP contribution in [-0.4, -0.2) is 19.7 Å². The molecule has 0 aliphatic heterocycles. The van der Waals surface area contributed by atoms with Gasteiger partial charge in [0.15, 0.2) is 11.5 Å². The molecular formula is C18H14ClN5. The Hall–Kier alpha value is -2.92. The van der Waals surface area contributed by atoms with Gasteiger partial charge in [-0.25, -0.2) is 9.97 Å². The van der Waals surface area contributed by atoms with Crippen LogP contribution in [0.2, 0.25) is 5.02 Å². The van der Waals surface area contributed by atoms with E-state index in [0.29, 0.717) is 28.9 Å². The van der Waals surface area contributed by atoms with Gasteiger partial charge in [0, 0.05) is 16.8 Å². The third-order valence-electron chi connectivity index (χ3n) is 3.75. The predicted octanol–water partition coefficient (Wildman–Crippen LogP) is 3.78. The number of hydrogen-bond acceptors (Lipinski definition) is 4. The summed E-state index contributed by atoms with van der Waals surface area (Å²) in [6, 6.07) is 17.4. The Morgan fingerprint density at radius 2 is 1.71 bits per heavy atom. The fourth-order valence-electron chi connectivity index (χ4n) is 2.55. The fraction of sp³-hybridized carbons (Fsp3) is 0.0556. The summed E-state index contributed by atoms with van der Waals surface area (Å²) in [5.74, 6) is 1.01. The topological polar surface area (TPSA) is 69.6 Å². The molecule has 0 saturated heterocycles. The van der Waals surface area contributed by atoms with Crippen molar-refractivity contribution in [3.63, 3.8) is 0 Å². The summed E-state index contributed by atoms with van der Waals surface area (Å²) >= 11 is 5.92. The Labute approximate surface area is 143 Å². The Kier molecular flexibility index (Phi) is 3.63. The smallest absolute Gasteiger partial charge is 0.186 e. The summed E-state index contributed by atoms with van der Waals surface area (Å²) in [6.07, 6.45) is 1.87. The third kappa shape index (κ3) is 2.81. The van der Waals surface area contributed by atoms with Crippen LogP contribution in [0.4, 0.5) is 5.82 Å². The Morgan fingerprint density at radius 3 is 2.46 bits per heavy atom. The number of fused-ring (bicyclic) bond motifs is 1. The zero-order valence-corrected chi connectivity index (χ0v) is 13.5. The van der Waals surface area contributed by atoms with E-state index in [9.17, 15) is 0 Å². The van der Waals surface area contributed by atoms with Gasteiger partial charge < -0.3 is 5.73 Å². The van der Waals surface area contributed by atoms with E-state index in [0.717, 1.165) is 16.5 Å². The molecule has 6 heteroatoms. The number of aromatic nitrogens is 4. The maximum atomic E-state index is 6.10. The summed E-state index contributed by atoms with van der Waals surface area (Å²) < 4.78 is 1.81. The molecule has 4 aromatic rings. The number of benzene rings is 2. The second kappa shape index (κ2) is 5.94. The molecule has 2 heterocycles. The van der Waals surface area contributed by atoms with Gasteiger partial charge in [-0.2, -0.15) is 5.10 Å². The maximum Gasteiger partial charge on any atom is 0.186 e. The van der Waals surface area contributed by atoms with Gasteiger partial charge in [0.25, 0.3) is 0 Å². The van der Waals surface area contributed by atoms with E-state index < -0.39 is 0 Å². The highest BCUT2D eigenvalue weighted by Crippen LogP contribution is 2.22. The van der Waals surface area contributed by atoms with E-state index >= 15 is 0 Å². The minimum absolute atomic E-state index is 0.432. The lowest BCUT2D eigenvalue weighted by Crippen LogP contribution is -1.99. The number of nitrogens with two attached hydrogens (primary N) is 1. The van der Waals surface area contributed by atoms with Gasteiger partial charge >= 0.3 is 0 Å². The van der Waals surface area contributed by atoms with Gasteiger partial charge in [0.2, 0.25) is 0 Å². The highest BCUT2D eigenvalue weighted by atomic mass is 35.5. The van der Waals surface area contributed by atoms with Gasteiger partial charge in [-0.3, -0.25) is 4.68 Å². The van der Waals surface area contributed by atoms with Crippen LogP contribution in [0.15, 0.2) is 60.8 Å². The molecule has 2 aromatic carbocycles. The molecule has 0 bridgehead atoms. The van der Waals surface area contributed by atoms with Crippen molar-refractivity contribution in [2.45, 2.75) is 6.54 Å². The predicted molar refractivity (Wildman–Crippen MR) is 95.7 cm³/mol. The van der Waals surface area contributed by atoms with Crippen LogP contribution in [-0.2, 0) is 6.54 Å². The van der Waals surface area contributed by atoms with Crippen molar-refractivity contribution in [1.29, 1.82) is 0 Å². The molecule has 24 heavy (non-hydrogen) atoms. The van der Waals surface area contributed by atoms with Crippen LogP contribution in [0.3, 0.4) is 0 Å². The zero-order chi connectivity index (χ0) is 16.5. The Bertz CT molecular complexity index is 993. The number of hydrogen-bond donors (Lipinski definition) is 1. The molecule has 118 valence electrons. The molecule has 0 radical (unpaired) electrons. The van der Waals surface area contributed by atoms with E-state index in [1.807, 2.05) is 65.5 Å². The molecule has 2 N–H and O–H groups in total. The van der Waals surface area contributed by atoms with Crippen molar-refractivity contribution < 1.29 is 0 Å². The maximum absolute atomic E-state index is 6.10. The molecule has 0 aliphatic carbocycles. The second-order valence-corrected chi connectivity index (χ2v) is 5.93. The van der Waals surface area contributed by atoms with Gasteiger partial charge in [-0.1, -0.05) is 54.1 Å². The first-order valence-electron chi connectivity index (χ1n) is 7.49. The first-order chi connectivity index (χ1) is 11.7. The average Bonchev–Trinajstić information content (AvgIpc) is 3.01. The van der Waals surface area contributed by atoms with Crippen LogP contribution >= 0.6 is 11.6 Å². The normalized spacial score (nSPS) is 11.0. The first-order valence-corrected chi connectivity index (χ1v) is 7.87. The van der Waals surface area contributed by atoms with Crippen LogP contribution in [0.25, 0.3) is 22.4 Å². The largest absolute Gasteiger partial charge is 0.383 e.